The molecule has 0 bridgehead atoms. The van der Waals surface area contributed by atoms with Gasteiger partial charge in [0.15, 0.2) is 6.61 Å². The van der Waals surface area contributed by atoms with Crippen molar-refractivity contribution in [3.63, 3.8) is 0 Å². The molecule has 9 heteroatoms. The number of likely N-dealkylation sites (tertiary alicyclic amines) is 1. The lowest BCUT2D eigenvalue weighted by atomic mass is 10.1. The third-order valence-electron chi connectivity index (χ3n) is 4.24. The lowest BCUT2D eigenvalue weighted by Crippen LogP contribution is -2.51. The van der Waals surface area contributed by atoms with Crippen LogP contribution in [0.3, 0.4) is 0 Å². The molecule has 1 heterocycles. The number of ether oxygens (including phenoxy) is 1. The van der Waals surface area contributed by atoms with E-state index in [9.17, 15) is 19.5 Å². The molecule has 2 atom stereocenters. The van der Waals surface area contributed by atoms with Crippen LogP contribution in [0.5, 0.6) is 5.75 Å². The number of nitrogens with zero attached hydrogens (tertiary/aromatic N) is 1. The lowest BCUT2D eigenvalue weighted by Gasteiger charge is -2.27. The van der Waals surface area contributed by atoms with Gasteiger partial charge in [-0.1, -0.05) is 0 Å². The normalized spacial score (nSPS) is 19.7. The number of hydrogen-bond acceptors (Lipinski definition) is 5. The predicted molar refractivity (Wildman–Crippen MR) is 98.3 cm³/mol. The van der Waals surface area contributed by atoms with E-state index in [-0.39, 0.29) is 25.1 Å². The average molecular weight is 378 g/mol. The zero-order valence-electron chi connectivity index (χ0n) is 15.3. The lowest BCUT2D eigenvalue weighted by molar-refractivity contribution is -0.119. The minimum Gasteiger partial charge on any atom is -0.484 e. The number of nitrogens with one attached hydrogen (secondary N) is 2. The molecule has 148 valence electrons. The summed E-state index contributed by atoms with van der Waals surface area (Å²) in [6, 6.07) is 5.45. The molecule has 2 rings (SSSR count). The second-order valence-corrected chi connectivity index (χ2v) is 6.35. The van der Waals surface area contributed by atoms with Crippen molar-refractivity contribution in [2.75, 3.05) is 26.2 Å². The number of urea groups is 1. The number of amides is 4. The molecule has 1 saturated heterocycles. The van der Waals surface area contributed by atoms with E-state index in [1.54, 1.807) is 29.2 Å². The fourth-order valence-electron chi connectivity index (χ4n) is 2.84. The molecule has 1 aromatic carbocycles. The molecule has 1 aliphatic rings. The molecule has 0 aromatic heterocycles. The molecule has 0 aliphatic carbocycles. The monoisotopic (exact) mass is 378 g/mol. The van der Waals surface area contributed by atoms with Gasteiger partial charge in [-0.05, 0) is 44.0 Å². The number of primary amides is 1. The Labute approximate surface area is 157 Å². The summed E-state index contributed by atoms with van der Waals surface area (Å²) < 4.78 is 5.15. The first-order valence-corrected chi connectivity index (χ1v) is 8.93. The Morgan fingerprint density at radius 3 is 2.63 bits per heavy atom. The van der Waals surface area contributed by atoms with Crippen molar-refractivity contribution in [1.29, 1.82) is 0 Å². The second-order valence-electron chi connectivity index (χ2n) is 6.35. The van der Waals surface area contributed by atoms with E-state index >= 15 is 0 Å². The molecule has 0 radical (unpaired) electrons. The summed E-state index contributed by atoms with van der Waals surface area (Å²) in [6.07, 6.45) is 0.434. The number of carbonyl (C=O) groups is 3. The van der Waals surface area contributed by atoms with Gasteiger partial charge in [-0.25, -0.2) is 4.79 Å². The first-order valence-electron chi connectivity index (χ1n) is 8.93. The zero-order valence-corrected chi connectivity index (χ0v) is 15.3. The van der Waals surface area contributed by atoms with Gasteiger partial charge in [-0.2, -0.15) is 0 Å². The standard InChI is InChI=1S/C18H26N4O5/c1-2-20-18(26)22-9-3-4-15(23)14(10-22)21-17(25)12-5-7-13(8-6-12)27-11-16(19)24/h5-8,14-15,23H,2-4,9-11H2,1H3,(H2,19,24)(H,20,26)(H,21,25)/t14-,15-/m1/s1. The van der Waals surface area contributed by atoms with Gasteiger partial charge < -0.3 is 31.1 Å². The van der Waals surface area contributed by atoms with E-state index in [1.165, 1.54) is 0 Å². The van der Waals surface area contributed by atoms with E-state index in [4.69, 9.17) is 10.5 Å². The van der Waals surface area contributed by atoms with Gasteiger partial charge in [0.1, 0.15) is 5.75 Å². The maximum absolute atomic E-state index is 12.5. The predicted octanol–water partition coefficient (Wildman–Crippen LogP) is -0.165. The van der Waals surface area contributed by atoms with E-state index in [2.05, 4.69) is 10.6 Å². The van der Waals surface area contributed by atoms with Crippen LogP contribution >= 0.6 is 0 Å². The van der Waals surface area contributed by atoms with Crippen LogP contribution in [0.25, 0.3) is 0 Å². The summed E-state index contributed by atoms with van der Waals surface area (Å²) in [7, 11) is 0. The highest BCUT2D eigenvalue weighted by molar-refractivity contribution is 5.94. The second kappa shape index (κ2) is 9.77. The Morgan fingerprint density at radius 1 is 1.30 bits per heavy atom. The Bertz CT molecular complexity index is 664. The molecule has 4 amide bonds. The maximum Gasteiger partial charge on any atom is 0.317 e. The summed E-state index contributed by atoms with van der Waals surface area (Å²) in [4.78, 5) is 36.9. The van der Waals surface area contributed by atoms with Gasteiger partial charge in [0, 0.05) is 25.2 Å². The van der Waals surface area contributed by atoms with E-state index < -0.39 is 18.1 Å². The van der Waals surface area contributed by atoms with Crippen LogP contribution in [0.2, 0.25) is 0 Å². The van der Waals surface area contributed by atoms with Crippen LogP contribution in [0.1, 0.15) is 30.1 Å². The molecule has 1 aliphatic heterocycles. The van der Waals surface area contributed by atoms with Crippen molar-refractivity contribution >= 4 is 17.8 Å². The highest BCUT2D eigenvalue weighted by atomic mass is 16.5. The molecular formula is C18H26N4O5. The van der Waals surface area contributed by atoms with Gasteiger partial charge in [0.05, 0.1) is 12.1 Å². The third kappa shape index (κ3) is 6.14. The molecule has 0 saturated carbocycles. The van der Waals surface area contributed by atoms with Crippen molar-refractivity contribution in [3.8, 4) is 5.75 Å². The first kappa shape index (κ1) is 20.5. The number of rotatable bonds is 6. The van der Waals surface area contributed by atoms with Crippen LogP contribution in [-0.4, -0.2) is 66.2 Å². The number of aliphatic hydroxyl groups excluding tert-OH is 1. The highest BCUT2D eigenvalue weighted by Crippen LogP contribution is 2.15. The fraction of sp³-hybridized carbons (Fsp3) is 0.500. The van der Waals surface area contributed by atoms with Crippen LogP contribution < -0.4 is 21.1 Å². The van der Waals surface area contributed by atoms with Crippen LogP contribution in [0.15, 0.2) is 24.3 Å². The largest absolute Gasteiger partial charge is 0.484 e. The quantitative estimate of drug-likeness (QED) is 0.545. The van der Waals surface area contributed by atoms with E-state index in [0.29, 0.717) is 37.2 Å². The summed E-state index contributed by atoms with van der Waals surface area (Å²) in [5.41, 5.74) is 5.39. The molecule has 1 aromatic rings. The topological polar surface area (TPSA) is 134 Å². The van der Waals surface area contributed by atoms with Crippen molar-refractivity contribution in [1.82, 2.24) is 15.5 Å². The smallest absolute Gasteiger partial charge is 0.317 e. The Morgan fingerprint density at radius 2 is 2.00 bits per heavy atom. The molecule has 1 fully saturated rings. The minimum absolute atomic E-state index is 0.207. The summed E-state index contributed by atoms with van der Waals surface area (Å²) in [6.45, 7) is 2.87. The van der Waals surface area contributed by atoms with Crippen LogP contribution in [-0.2, 0) is 4.79 Å². The van der Waals surface area contributed by atoms with Gasteiger partial charge in [0.2, 0.25) is 0 Å². The molecule has 0 spiro atoms. The van der Waals surface area contributed by atoms with Crippen molar-refractivity contribution in [2.45, 2.75) is 31.9 Å². The van der Waals surface area contributed by atoms with E-state index in [0.717, 1.165) is 0 Å². The van der Waals surface area contributed by atoms with E-state index in [1.807, 2.05) is 6.92 Å². The number of nitrogens with two attached hydrogens (primary N) is 1. The number of hydrogen-bond donors (Lipinski definition) is 4. The maximum atomic E-state index is 12.5. The van der Waals surface area contributed by atoms with Crippen LogP contribution in [0, 0.1) is 0 Å². The number of benzene rings is 1. The van der Waals surface area contributed by atoms with Crippen LogP contribution in [0.4, 0.5) is 4.79 Å². The first-order chi connectivity index (χ1) is 12.9. The average Bonchev–Trinajstić information content (AvgIpc) is 2.82. The van der Waals surface area contributed by atoms with Crippen molar-refractivity contribution in [3.05, 3.63) is 29.8 Å². The fourth-order valence-corrected chi connectivity index (χ4v) is 2.84. The SMILES string of the molecule is CCNC(=O)N1CCC[C@@H](O)[C@H](NC(=O)c2ccc(OCC(N)=O)cc2)C1. The third-order valence-corrected chi connectivity index (χ3v) is 4.24. The Kier molecular flexibility index (Phi) is 7.42. The summed E-state index contributed by atoms with van der Waals surface area (Å²) >= 11 is 0. The zero-order chi connectivity index (χ0) is 19.8. The number of aliphatic hydroxyl groups is 1. The summed E-state index contributed by atoms with van der Waals surface area (Å²) in [5.74, 6) is -0.531. The Balaban J connectivity index is 1.99. The van der Waals surface area contributed by atoms with Crippen molar-refractivity contribution in [2.24, 2.45) is 5.73 Å². The Hall–Kier alpha value is -2.81. The number of carbonyl (C=O) groups excluding carboxylic acids is 3. The van der Waals surface area contributed by atoms with Gasteiger partial charge in [-0.15, -0.1) is 0 Å². The minimum atomic E-state index is -0.730. The summed E-state index contributed by atoms with van der Waals surface area (Å²) in [5, 5.41) is 15.8. The van der Waals surface area contributed by atoms with Crippen molar-refractivity contribution < 1.29 is 24.2 Å². The molecular weight excluding hydrogens is 352 g/mol. The molecule has 5 N–H and O–H groups in total. The van der Waals surface area contributed by atoms with Gasteiger partial charge >= 0.3 is 6.03 Å². The highest BCUT2D eigenvalue weighted by Gasteiger charge is 2.29. The van der Waals surface area contributed by atoms with Gasteiger partial charge in [0.25, 0.3) is 11.8 Å². The molecule has 0 unspecified atom stereocenters. The molecule has 9 nitrogen and oxygen atoms in total. The molecule has 27 heavy (non-hydrogen) atoms. The van der Waals surface area contributed by atoms with Gasteiger partial charge in [-0.3, -0.25) is 9.59 Å².